The van der Waals surface area contributed by atoms with Crippen LogP contribution in [0, 0.1) is 5.41 Å². The molecular formula is C23H36N4O2. The van der Waals surface area contributed by atoms with Gasteiger partial charge in [0.25, 0.3) is 0 Å². The van der Waals surface area contributed by atoms with Crippen molar-refractivity contribution in [1.29, 1.82) is 0 Å². The molecule has 2 aliphatic rings. The van der Waals surface area contributed by atoms with Crippen molar-refractivity contribution in [3.8, 4) is 0 Å². The first-order valence-electron chi connectivity index (χ1n) is 11.2. The predicted octanol–water partition coefficient (Wildman–Crippen LogP) is 3.20. The monoisotopic (exact) mass is 400 g/mol. The Balaban J connectivity index is 1.59. The van der Waals surface area contributed by atoms with Crippen molar-refractivity contribution in [2.24, 2.45) is 10.4 Å². The molecule has 3 rings (SSSR count). The van der Waals surface area contributed by atoms with Gasteiger partial charge < -0.3 is 20.6 Å². The number of nitrogens with one attached hydrogen (secondary N) is 2. The van der Waals surface area contributed by atoms with Crippen LogP contribution in [0.2, 0.25) is 0 Å². The van der Waals surface area contributed by atoms with Crippen molar-refractivity contribution < 1.29 is 9.90 Å². The van der Waals surface area contributed by atoms with Gasteiger partial charge in [-0.25, -0.2) is 4.99 Å². The zero-order valence-electron chi connectivity index (χ0n) is 17.8. The number of hydrogen-bond donors (Lipinski definition) is 3. The maximum absolute atomic E-state index is 11.9. The van der Waals surface area contributed by atoms with Crippen molar-refractivity contribution in [3.63, 3.8) is 0 Å². The molecule has 0 bridgehead atoms. The first kappa shape index (κ1) is 21.6. The first-order chi connectivity index (χ1) is 14.2. The van der Waals surface area contributed by atoms with Crippen molar-refractivity contribution in [3.05, 3.63) is 29.8 Å². The number of aliphatic hydroxyl groups excluding tert-OH is 1. The van der Waals surface area contributed by atoms with Gasteiger partial charge in [-0.3, -0.25) is 4.79 Å². The van der Waals surface area contributed by atoms with Crippen LogP contribution in [0.25, 0.3) is 0 Å². The van der Waals surface area contributed by atoms with Gasteiger partial charge in [-0.15, -0.1) is 0 Å². The normalized spacial score (nSPS) is 19.4. The van der Waals surface area contributed by atoms with Gasteiger partial charge >= 0.3 is 0 Å². The van der Waals surface area contributed by atoms with E-state index in [9.17, 15) is 9.90 Å². The van der Waals surface area contributed by atoms with Gasteiger partial charge in [-0.05, 0) is 55.7 Å². The van der Waals surface area contributed by atoms with E-state index in [-0.39, 0.29) is 17.9 Å². The molecule has 1 saturated heterocycles. The predicted molar refractivity (Wildman–Crippen MR) is 118 cm³/mol. The highest BCUT2D eigenvalue weighted by Crippen LogP contribution is 2.38. The minimum atomic E-state index is 0.188. The molecule has 1 saturated carbocycles. The SMILES string of the molecule is CCNC(=NCc1ccc(N2CCCC2=O)cc1)NCC1(CCO)CCCCC1. The zero-order valence-corrected chi connectivity index (χ0v) is 17.8. The lowest BCUT2D eigenvalue weighted by Gasteiger charge is -2.37. The molecule has 6 heteroatoms. The maximum Gasteiger partial charge on any atom is 0.227 e. The van der Waals surface area contributed by atoms with Crippen LogP contribution in [0.4, 0.5) is 5.69 Å². The molecule has 1 aliphatic carbocycles. The van der Waals surface area contributed by atoms with Crippen LogP contribution >= 0.6 is 0 Å². The fourth-order valence-corrected chi connectivity index (χ4v) is 4.54. The molecular weight excluding hydrogens is 364 g/mol. The summed E-state index contributed by atoms with van der Waals surface area (Å²) in [7, 11) is 0. The van der Waals surface area contributed by atoms with E-state index in [1.54, 1.807) is 0 Å². The Bertz CT molecular complexity index is 675. The standard InChI is InChI=1S/C23H36N4O2/c1-2-24-22(26-18-23(14-16-28)12-4-3-5-13-23)25-17-19-8-10-20(11-9-19)27-15-6-7-21(27)29/h8-11,28H,2-7,12-18H2,1H3,(H2,24,25,26). The first-order valence-corrected chi connectivity index (χ1v) is 11.2. The van der Waals surface area contributed by atoms with Crippen LogP contribution in [0.3, 0.4) is 0 Å². The molecule has 0 atom stereocenters. The number of hydrogen-bond acceptors (Lipinski definition) is 3. The topological polar surface area (TPSA) is 77.0 Å². The van der Waals surface area contributed by atoms with Gasteiger partial charge in [0.2, 0.25) is 5.91 Å². The summed E-state index contributed by atoms with van der Waals surface area (Å²) in [5, 5.41) is 16.4. The van der Waals surface area contributed by atoms with Crippen LogP contribution < -0.4 is 15.5 Å². The minimum absolute atomic E-state index is 0.188. The van der Waals surface area contributed by atoms with E-state index in [0.29, 0.717) is 13.0 Å². The van der Waals surface area contributed by atoms with E-state index in [2.05, 4.69) is 29.7 Å². The average Bonchev–Trinajstić information content (AvgIpc) is 3.17. The minimum Gasteiger partial charge on any atom is -0.396 e. The molecule has 1 amide bonds. The molecule has 0 spiro atoms. The Morgan fingerprint density at radius 3 is 2.52 bits per heavy atom. The van der Waals surface area contributed by atoms with Crippen LogP contribution in [-0.4, -0.2) is 43.2 Å². The van der Waals surface area contributed by atoms with Crippen molar-refractivity contribution >= 4 is 17.6 Å². The van der Waals surface area contributed by atoms with Gasteiger partial charge in [-0.1, -0.05) is 31.4 Å². The molecule has 1 heterocycles. The van der Waals surface area contributed by atoms with Gasteiger partial charge in [0.05, 0.1) is 6.54 Å². The fourth-order valence-electron chi connectivity index (χ4n) is 4.54. The number of benzene rings is 1. The number of rotatable bonds is 8. The number of amides is 1. The van der Waals surface area contributed by atoms with E-state index in [4.69, 9.17) is 4.99 Å². The number of guanidine groups is 1. The second-order valence-corrected chi connectivity index (χ2v) is 8.40. The summed E-state index contributed by atoms with van der Waals surface area (Å²) < 4.78 is 0. The van der Waals surface area contributed by atoms with Gasteiger partial charge in [0.15, 0.2) is 5.96 Å². The second-order valence-electron chi connectivity index (χ2n) is 8.40. The lowest BCUT2D eigenvalue weighted by molar-refractivity contribution is -0.117. The number of nitrogens with zero attached hydrogens (tertiary/aromatic N) is 2. The summed E-state index contributed by atoms with van der Waals surface area (Å²) in [4.78, 5) is 18.5. The van der Waals surface area contributed by atoms with Gasteiger partial charge in [0.1, 0.15) is 0 Å². The van der Waals surface area contributed by atoms with Crippen molar-refractivity contribution in [2.45, 2.75) is 64.8 Å². The molecule has 0 aromatic heterocycles. The van der Waals surface area contributed by atoms with E-state index in [1.807, 2.05) is 17.0 Å². The molecule has 1 aromatic rings. The molecule has 1 aromatic carbocycles. The van der Waals surface area contributed by atoms with Crippen LogP contribution in [0.1, 0.15) is 63.9 Å². The molecule has 160 valence electrons. The summed E-state index contributed by atoms with van der Waals surface area (Å²) in [6.07, 6.45) is 8.62. The quantitative estimate of drug-likeness (QED) is 0.463. The van der Waals surface area contributed by atoms with Crippen molar-refractivity contribution in [2.75, 3.05) is 31.1 Å². The lowest BCUT2D eigenvalue weighted by atomic mass is 9.72. The molecule has 2 fully saturated rings. The van der Waals surface area contributed by atoms with Crippen molar-refractivity contribution in [1.82, 2.24) is 10.6 Å². The van der Waals surface area contributed by atoms with Crippen LogP contribution in [-0.2, 0) is 11.3 Å². The summed E-state index contributed by atoms with van der Waals surface area (Å²) >= 11 is 0. The summed E-state index contributed by atoms with van der Waals surface area (Å²) in [6.45, 7) is 5.41. The number of carbonyl (C=O) groups excluding carboxylic acids is 1. The molecule has 1 aliphatic heterocycles. The molecule has 29 heavy (non-hydrogen) atoms. The molecule has 0 radical (unpaired) electrons. The zero-order chi connectivity index (χ0) is 20.5. The Labute approximate surface area is 174 Å². The van der Waals surface area contributed by atoms with Gasteiger partial charge in [0, 0.05) is 38.3 Å². The van der Waals surface area contributed by atoms with E-state index < -0.39 is 0 Å². The highest BCUT2D eigenvalue weighted by atomic mass is 16.3. The van der Waals surface area contributed by atoms with Crippen LogP contribution in [0.5, 0.6) is 0 Å². The Hall–Kier alpha value is -2.08. The lowest BCUT2D eigenvalue weighted by Crippen LogP contribution is -2.44. The third-order valence-corrected chi connectivity index (χ3v) is 6.27. The number of aliphatic hydroxyl groups is 1. The number of anilines is 1. The highest BCUT2D eigenvalue weighted by molar-refractivity contribution is 5.95. The number of aliphatic imine (C=N–C) groups is 1. The average molecular weight is 401 g/mol. The van der Waals surface area contributed by atoms with E-state index in [1.165, 1.54) is 32.1 Å². The largest absolute Gasteiger partial charge is 0.396 e. The third-order valence-electron chi connectivity index (χ3n) is 6.27. The van der Waals surface area contributed by atoms with E-state index in [0.717, 1.165) is 49.7 Å². The van der Waals surface area contributed by atoms with E-state index >= 15 is 0 Å². The fraction of sp³-hybridized carbons (Fsp3) is 0.652. The maximum atomic E-state index is 11.9. The summed E-state index contributed by atoms with van der Waals surface area (Å²) in [5.41, 5.74) is 2.29. The summed E-state index contributed by atoms with van der Waals surface area (Å²) in [6, 6.07) is 8.16. The summed E-state index contributed by atoms with van der Waals surface area (Å²) in [5.74, 6) is 1.04. The molecule has 3 N–H and O–H groups in total. The molecule has 0 unspecified atom stereocenters. The Morgan fingerprint density at radius 2 is 1.90 bits per heavy atom. The third kappa shape index (κ3) is 5.95. The number of carbonyl (C=O) groups is 1. The highest BCUT2D eigenvalue weighted by Gasteiger charge is 2.31. The van der Waals surface area contributed by atoms with Crippen LogP contribution in [0.15, 0.2) is 29.3 Å². The Morgan fingerprint density at radius 1 is 1.14 bits per heavy atom. The smallest absolute Gasteiger partial charge is 0.227 e. The second kappa shape index (κ2) is 10.6. The Kier molecular flexibility index (Phi) is 7.92. The molecule has 6 nitrogen and oxygen atoms in total. The van der Waals surface area contributed by atoms with Gasteiger partial charge in [-0.2, -0.15) is 0 Å².